The van der Waals surface area contributed by atoms with Gasteiger partial charge < -0.3 is 0 Å². The summed E-state index contributed by atoms with van der Waals surface area (Å²) in [6.07, 6.45) is 2.61. The van der Waals surface area contributed by atoms with Crippen LogP contribution in [0.3, 0.4) is 0 Å². The molecule has 2 nitrogen and oxygen atoms in total. The Kier molecular flexibility index (Phi) is 7.25. The fourth-order valence-electron chi connectivity index (χ4n) is 0.607. The number of rotatable bonds is 5. The minimum absolute atomic E-state index is 0.884. The molecule has 0 aromatic heterocycles. The van der Waals surface area contributed by atoms with Gasteiger partial charge in [0.1, 0.15) is 0 Å². The monoisotopic (exact) mass is 244 g/mol. The molecule has 0 aliphatic rings. The summed E-state index contributed by atoms with van der Waals surface area (Å²) in [5.74, 6) is 0. The van der Waals surface area contributed by atoms with E-state index < -0.39 is 20.1 Å². The molecule has 0 heterocycles. The van der Waals surface area contributed by atoms with E-state index in [1.165, 1.54) is 17.3 Å². The molecular formula is C6H17IN2. The third-order valence-corrected chi connectivity index (χ3v) is 3.57. The molecule has 0 aliphatic heterocycles. The third-order valence-electron chi connectivity index (χ3n) is 1.11. The number of hydrogen-bond donors (Lipinski definition) is 2. The molecule has 3 heteroatoms. The van der Waals surface area contributed by atoms with Gasteiger partial charge in [0, 0.05) is 0 Å². The summed E-state index contributed by atoms with van der Waals surface area (Å²) in [6, 6.07) is 0. The SMILES string of the molecule is CNCCCCI(C)N. The molecule has 9 heavy (non-hydrogen) atoms. The van der Waals surface area contributed by atoms with Crippen LogP contribution in [0.1, 0.15) is 12.8 Å². The van der Waals surface area contributed by atoms with E-state index in [4.69, 9.17) is 3.95 Å². The van der Waals surface area contributed by atoms with Gasteiger partial charge in [-0.15, -0.1) is 0 Å². The van der Waals surface area contributed by atoms with Crippen LogP contribution in [0.5, 0.6) is 0 Å². The van der Waals surface area contributed by atoms with Crippen molar-refractivity contribution >= 4 is 20.1 Å². The standard InChI is InChI=1S/C6H17IN2/c1-7(8)5-3-4-6-9-2/h9H,3-6,8H2,1-2H3. The van der Waals surface area contributed by atoms with E-state index in [0.29, 0.717) is 0 Å². The van der Waals surface area contributed by atoms with E-state index in [0.717, 1.165) is 6.54 Å². The van der Waals surface area contributed by atoms with E-state index in [1.807, 2.05) is 7.05 Å². The first-order chi connectivity index (χ1) is 4.27. The fraction of sp³-hybridized carbons (Fsp3) is 1.00. The Morgan fingerprint density at radius 2 is 2.11 bits per heavy atom. The summed E-state index contributed by atoms with van der Waals surface area (Å²) < 4.78 is 7.02. The first-order valence-corrected chi connectivity index (χ1v) is 8.15. The zero-order chi connectivity index (χ0) is 7.11. The second-order valence-corrected chi connectivity index (χ2v) is 6.87. The molecule has 0 spiro atoms. The summed E-state index contributed by atoms with van der Waals surface area (Å²) in [5, 5.41) is 3.12. The van der Waals surface area contributed by atoms with Crippen LogP contribution < -0.4 is 9.26 Å². The van der Waals surface area contributed by atoms with Crippen LogP contribution in [0.4, 0.5) is 0 Å². The maximum absolute atomic E-state index is 5.71. The quantitative estimate of drug-likeness (QED) is 0.327. The van der Waals surface area contributed by atoms with Crippen molar-refractivity contribution in [3.63, 3.8) is 0 Å². The zero-order valence-corrected chi connectivity index (χ0v) is 8.44. The van der Waals surface area contributed by atoms with E-state index in [1.54, 1.807) is 0 Å². The second-order valence-electron chi connectivity index (χ2n) is 2.14. The number of hydrogen-bond acceptors (Lipinski definition) is 2. The number of unbranched alkanes of at least 4 members (excludes halogenated alkanes) is 1. The van der Waals surface area contributed by atoms with Crippen molar-refractivity contribution in [2.45, 2.75) is 12.8 Å². The first-order valence-electron chi connectivity index (χ1n) is 3.22. The van der Waals surface area contributed by atoms with E-state index >= 15 is 0 Å². The molecule has 0 unspecified atom stereocenters. The van der Waals surface area contributed by atoms with Crippen molar-refractivity contribution in [1.82, 2.24) is 5.32 Å². The molecule has 0 rings (SSSR count). The molecule has 0 saturated heterocycles. The average Bonchev–Trinajstić information content (AvgIpc) is 1.80. The molecule has 0 aromatic rings. The molecule has 0 fully saturated rings. The van der Waals surface area contributed by atoms with Crippen LogP contribution in [-0.4, -0.2) is 23.0 Å². The molecule has 0 radical (unpaired) electrons. The van der Waals surface area contributed by atoms with E-state index in [-0.39, 0.29) is 0 Å². The van der Waals surface area contributed by atoms with Gasteiger partial charge in [-0.1, -0.05) is 0 Å². The van der Waals surface area contributed by atoms with Crippen molar-refractivity contribution in [1.29, 1.82) is 0 Å². The summed E-state index contributed by atoms with van der Waals surface area (Å²) in [5.41, 5.74) is 0. The second kappa shape index (κ2) is 6.77. The van der Waals surface area contributed by atoms with Crippen LogP contribution in [0.15, 0.2) is 0 Å². The molecule has 3 N–H and O–H groups in total. The van der Waals surface area contributed by atoms with Gasteiger partial charge >= 0.3 is 65.1 Å². The van der Waals surface area contributed by atoms with Crippen LogP contribution >= 0.6 is 20.1 Å². The van der Waals surface area contributed by atoms with Crippen molar-refractivity contribution in [2.75, 3.05) is 23.0 Å². The molecule has 0 atom stereocenters. The number of nitrogens with two attached hydrogens (primary N) is 1. The average molecular weight is 244 g/mol. The predicted octanol–water partition coefficient (Wildman–Crippen LogP) is 0.996. The normalized spacial score (nSPS) is 11.7. The summed E-state index contributed by atoms with van der Waals surface area (Å²) in [4.78, 5) is 2.21. The van der Waals surface area contributed by atoms with Gasteiger partial charge in [0.15, 0.2) is 0 Å². The van der Waals surface area contributed by atoms with Crippen molar-refractivity contribution < 1.29 is 0 Å². The summed E-state index contributed by atoms with van der Waals surface area (Å²) >= 11 is -0.884. The van der Waals surface area contributed by atoms with Crippen molar-refractivity contribution in [2.24, 2.45) is 3.95 Å². The van der Waals surface area contributed by atoms with Crippen LogP contribution in [0, 0.1) is 0 Å². The maximum atomic E-state index is 5.71. The van der Waals surface area contributed by atoms with Gasteiger partial charge in [-0.25, -0.2) is 0 Å². The van der Waals surface area contributed by atoms with Crippen LogP contribution in [0.2, 0.25) is 0 Å². The summed E-state index contributed by atoms with van der Waals surface area (Å²) in [6.45, 7) is 1.14. The molecule has 0 saturated carbocycles. The van der Waals surface area contributed by atoms with E-state index in [2.05, 4.69) is 10.2 Å². The number of nitrogens with one attached hydrogen (secondary N) is 1. The Labute approximate surface area is 65.3 Å². The molecular weight excluding hydrogens is 227 g/mol. The Balaban J connectivity index is 2.75. The van der Waals surface area contributed by atoms with Crippen molar-refractivity contribution in [3.8, 4) is 0 Å². The Morgan fingerprint density at radius 3 is 2.56 bits per heavy atom. The van der Waals surface area contributed by atoms with Crippen LogP contribution in [0.25, 0.3) is 0 Å². The van der Waals surface area contributed by atoms with Crippen molar-refractivity contribution in [3.05, 3.63) is 0 Å². The van der Waals surface area contributed by atoms with Gasteiger partial charge in [0.2, 0.25) is 0 Å². The molecule has 0 amide bonds. The van der Waals surface area contributed by atoms with Gasteiger partial charge in [0.25, 0.3) is 0 Å². The first kappa shape index (κ1) is 9.65. The fourth-order valence-corrected chi connectivity index (χ4v) is 2.35. The molecule has 58 valence electrons. The molecule has 0 aromatic carbocycles. The Bertz CT molecular complexity index is 57.0. The third kappa shape index (κ3) is 8.65. The molecule has 0 bridgehead atoms. The Hall–Kier alpha value is 0.650. The van der Waals surface area contributed by atoms with Gasteiger partial charge in [-0.2, -0.15) is 0 Å². The van der Waals surface area contributed by atoms with E-state index in [9.17, 15) is 0 Å². The molecule has 0 aliphatic carbocycles. The van der Waals surface area contributed by atoms with Gasteiger partial charge in [0.05, 0.1) is 0 Å². The van der Waals surface area contributed by atoms with Gasteiger partial charge in [-0.3, -0.25) is 0 Å². The van der Waals surface area contributed by atoms with Crippen LogP contribution in [-0.2, 0) is 0 Å². The topological polar surface area (TPSA) is 38.0 Å². The number of alkyl halides is 2. The van der Waals surface area contributed by atoms with Gasteiger partial charge in [-0.05, 0) is 0 Å². The Morgan fingerprint density at radius 1 is 1.44 bits per heavy atom. The summed E-state index contributed by atoms with van der Waals surface area (Å²) in [7, 11) is 1.99. The minimum atomic E-state index is -0.884. The number of halogens is 1. The predicted molar refractivity (Wildman–Crippen MR) is 52.2 cm³/mol. The zero-order valence-electron chi connectivity index (χ0n) is 6.28.